The van der Waals surface area contributed by atoms with Crippen LogP contribution < -0.4 is 10.6 Å². The second-order valence-corrected chi connectivity index (χ2v) is 9.39. The number of nitrogens with one attached hydrogen (secondary N) is 2. The predicted octanol–water partition coefficient (Wildman–Crippen LogP) is 6.52. The van der Waals surface area contributed by atoms with Crippen LogP contribution in [-0.4, -0.2) is 25.4 Å². The first kappa shape index (κ1) is 25.1. The summed E-state index contributed by atoms with van der Waals surface area (Å²) in [5.74, 6) is 0.0431. The molecular weight excluding hydrogens is 497 g/mol. The molecule has 0 unspecified atom stereocenters. The van der Waals surface area contributed by atoms with E-state index in [1.54, 1.807) is 22.9 Å². The van der Waals surface area contributed by atoms with Crippen molar-refractivity contribution in [1.82, 2.24) is 19.7 Å². The molecule has 0 spiro atoms. The Balaban J connectivity index is 1.49. The molecule has 0 saturated carbocycles. The number of carbonyl (C=O) groups is 1. The Morgan fingerprint density at radius 3 is 2.26 bits per heavy atom. The third-order valence-electron chi connectivity index (χ3n) is 6.36. The first-order chi connectivity index (χ1) is 18.3. The number of hydrogen-bond donors (Lipinski definition) is 2. The molecular formula is C30H26FN5OS. The van der Waals surface area contributed by atoms with Crippen molar-refractivity contribution in [2.45, 2.75) is 20.8 Å². The van der Waals surface area contributed by atoms with Gasteiger partial charge in [-0.15, -0.1) is 0 Å². The number of para-hydroxylation sites is 1. The van der Waals surface area contributed by atoms with Gasteiger partial charge in [-0.2, -0.15) is 5.10 Å². The van der Waals surface area contributed by atoms with Crippen molar-refractivity contribution < 1.29 is 9.18 Å². The number of amides is 1. The third-order valence-corrected chi connectivity index (χ3v) is 6.56. The molecule has 0 aliphatic heterocycles. The van der Waals surface area contributed by atoms with Crippen LogP contribution in [0.25, 0.3) is 22.6 Å². The van der Waals surface area contributed by atoms with Crippen LogP contribution in [0.5, 0.6) is 0 Å². The lowest BCUT2D eigenvalue weighted by Gasteiger charge is -2.12. The van der Waals surface area contributed by atoms with Gasteiger partial charge in [0.15, 0.2) is 5.11 Å². The van der Waals surface area contributed by atoms with Gasteiger partial charge in [0, 0.05) is 34.3 Å². The lowest BCUT2D eigenvalue weighted by molar-refractivity contribution is 0.0977. The van der Waals surface area contributed by atoms with Crippen molar-refractivity contribution in [2.24, 2.45) is 0 Å². The summed E-state index contributed by atoms with van der Waals surface area (Å²) in [5, 5.41) is 11.0. The Hall–Kier alpha value is -4.56. The number of aromatic nitrogens is 3. The number of aryl methyl sites for hydroxylation is 2. The molecule has 38 heavy (non-hydrogen) atoms. The highest BCUT2D eigenvalue weighted by molar-refractivity contribution is 7.80. The zero-order valence-corrected chi connectivity index (χ0v) is 22.0. The zero-order chi connectivity index (χ0) is 26.8. The van der Waals surface area contributed by atoms with Crippen LogP contribution >= 0.6 is 12.2 Å². The normalized spacial score (nSPS) is 10.8. The molecule has 0 saturated heterocycles. The van der Waals surface area contributed by atoms with Crippen molar-refractivity contribution in [1.29, 1.82) is 0 Å². The number of anilines is 1. The molecule has 6 nitrogen and oxygen atoms in total. The molecule has 0 fully saturated rings. The minimum atomic E-state index is -0.283. The maximum absolute atomic E-state index is 13.5. The number of rotatable bonds is 5. The number of thiocarbonyl (C=S) groups is 1. The highest BCUT2D eigenvalue weighted by atomic mass is 32.1. The second-order valence-electron chi connectivity index (χ2n) is 8.98. The minimum Gasteiger partial charge on any atom is -0.318 e. The Labute approximate surface area is 225 Å². The van der Waals surface area contributed by atoms with Crippen molar-refractivity contribution in [3.05, 3.63) is 119 Å². The Morgan fingerprint density at radius 2 is 1.55 bits per heavy atom. The second kappa shape index (κ2) is 10.4. The molecule has 5 aromatic rings. The standard InChI is InChI=1S/C30H26FN5OS/c1-19-9-7-8-12-25(19)29(37)33-30(38)32-28-18-27(34-36(28)24-10-5-4-6-11-24)26-17-20(2)35(21(26)3)23-15-13-22(31)14-16-23/h4-18H,1-3H3,(H2,32,33,37,38). The maximum atomic E-state index is 13.5. The monoisotopic (exact) mass is 523 g/mol. The molecule has 8 heteroatoms. The molecule has 2 heterocycles. The van der Waals surface area contributed by atoms with E-state index in [0.29, 0.717) is 11.4 Å². The minimum absolute atomic E-state index is 0.165. The Bertz CT molecular complexity index is 1640. The molecule has 2 N–H and O–H groups in total. The summed E-state index contributed by atoms with van der Waals surface area (Å²) < 4.78 is 17.3. The van der Waals surface area contributed by atoms with Crippen LogP contribution in [-0.2, 0) is 0 Å². The third kappa shape index (κ3) is 4.99. The van der Waals surface area contributed by atoms with Gasteiger partial charge in [0.25, 0.3) is 5.91 Å². The highest BCUT2D eigenvalue weighted by Crippen LogP contribution is 2.31. The van der Waals surface area contributed by atoms with E-state index in [-0.39, 0.29) is 16.8 Å². The van der Waals surface area contributed by atoms with E-state index in [9.17, 15) is 9.18 Å². The zero-order valence-electron chi connectivity index (χ0n) is 21.2. The average Bonchev–Trinajstić information content (AvgIpc) is 3.45. The molecule has 2 aromatic heterocycles. The molecule has 5 rings (SSSR count). The van der Waals surface area contributed by atoms with E-state index in [0.717, 1.165) is 39.6 Å². The Morgan fingerprint density at radius 1 is 0.868 bits per heavy atom. The van der Waals surface area contributed by atoms with E-state index in [1.165, 1.54) is 12.1 Å². The van der Waals surface area contributed by atoms with Gasteiger partial charge in [-0.25, -0.2) is 9.07 Å². The quantitative estimate of drug-likeness (QED) is 0.258. The maximum Gasteiger partial charge on any atom is 0.257 e. The summed E-state index contributed by atoms with van der Waals surface area (Å²) in [5.41, 5.74) is 6.74. The first-order valence-electron chi connectivity index (χ1n) is 12.1. The van der Waals surface area contributed by atoms with Crippen molar-refractivity contribution >= 4 is 29.1 Å². The number of benzene rings is 3. The van der Waals surface area contributed by atoms with Gasteiger partial charge in [-0.05, 0) is 87.1 Å². The van der Waals surface area contributed by atoms with E-state index < -0.39 is 0 Å². The lowest BCUT2D eigenvalue weighted by Crippen LogP contribution is -2.35. The van der Waals surface area contributed by atoms with Crippen molar-refractivity contribution in [3.63, 3.8) is 0 Å². The summed E-state index contributed by atoms with van der Waals surface area (Å²) in [7, 11) is 0. The number of nitrogens with zero attached hydrogens (tertiary/aromatic N) is 3. The van der Waals surface area contributed by atoms with Crippen LogP contribution in [0.4, 0.5) is 10.2 Å². The van der Waals surface area contributed by atoms with E-state index in [2.05, 4.69) is 21.3 Å². The van der Waals surface area contributed by atoms with Crippen LogP contribution in [0.3, 0.4) is 0 Å². The summed E-state index contributed by atoms with van der Waals surface area (Å²) in [6.45, 7) is 5.89. The van der Waals surface area contributed by atoms with Gasteiger partial charge in [-0.3, -0.25) is 10.1 Å². The smallest absolute Gasteiger partial charge is 0.257 e. The lowest BCUT2D eigenvalue weighted by atomic mass is 10.1. The molecule has 0 atom stereocenters. The van der Waals surface area contributed by atoms with Crippen LogP contribution in [0, 0.1) is 26.6 Å². The molecule has 3 aromatic carbocycles. The molecule has 0 aliphatic carbocycles. The number of halogens is 1. The van der Waals surface area contributed by atoms with Gasteiger partial charge in [0.05, 0.1) is 11.4 Å². The summed E-state index contributed by atoms with van der Waals surface area (Å²) >= 11 is 5.50. The topological polar surface area (TPSA) is 63.9 Å². The van der Waals surface area contributed by atoms with E-state index >= 15 is 0 Å². The van der Waals surface area contributed by atoms with Crippen LogP contribution in [0.15, 0.2) is 91.0 Å². The van der Waals surface area contributed by atoms with Gasteiger partial charge in [0.2, 0.25) is 0 Å². The predicted molar refractivity (Wildman–Crippen MR) is 153 cm³/mol. The molecule has 0 radical (unpaired) electrons. The largest absolute Gasteiger partial charge is 0.318 e. The Kier molecular flexibility index (Phi) is 6.89. The van der Waals surface area contributed by atoms with Crippen LogP contribution in [0.1, 0.15) is 27.3 Å². The number of carbonyl (C=O) groups excluding carboxylic acids is 1. The fourth-order valence-corrected chi connectivity index (χ4v) is 4.72. The molecule has 1 amide bonds. The summed E-state index contributed by atoms with van der Waals surface area (Å²) in [6, 6.07) is 27.4. The summed E-state index contributed by atoms with van der Waals surface area (Å²) in [6.07, 6.45) is 0. The van der Waals surface area contributed by atoms with Crippen LogP contribution in [0.2, 0.25) is 0 Å². The SMILES string of the molecule is Cc1ccccc1C(=O)NC(=S)Nc1cc(-c2cc(C)n(-c3ccc(F)cc3)c2C)nn1-c1ccccc1. The van der Waals surface area contributed by atoms with Crippen molar-refractivity contribution in [3.8, 4) is 22.6 Å². The van der Waals surface area contributed by atoms with Gasteiger partial charge in [-0.1, -0.05) is 36.4 Å². The van der Waals surface area contributed by atoms with Gasteiger partial charge >= 0.3 is 0 Å². The molecule has 0 aliphatic rings. The highest BCUT2D eigenvalue weighted by Gasteiger charge is 2.19. The average molecular weight is 524 g/mol. The fraction of sp³-hybridized carbons (Fsp3) is 0.100. The van der Waals surface area contributed by atoms with Gasteiger partial charge in [0.1, 0.15) is 11.6 Å². The van der Waals surface area contributed by atoms with Crippen molar-refractivity contribution in [2.75, 3.05) is 5.32 Å². The first-order valence-corrected chi connectivity index (χ1v) is 12.5. The summed E-state index contributed by atoms with van der Waals surface area (Å²) in [4.78, 5) is 12.8. The van der Waals surface area contributed by atoms with Gasteiger partial charge < -0.3 is 9.88 Å². The molecule has 190 valence electrons. The van der Waals surface area contributed by atoms with E-state index in [1.807, 2.05) is 75.4 Å². The fourth-order valence-electron chi connectivity index (χ4n) is 4.52. The number of hydrogen-bond acceptors (Lipinski definition) is 3. The van der Waals surface area contributed by atoms with E-state index in [4.69, 9.17) is 17.3 Å². The molecule has 0 bridgehead atoms.